The molecular formula is C17H21O2P. The molecule has 2 aromatic rings. The first-order valence-electron chi connectivity index (χ1n) is 7.28. The predicted molar refractivity (Wildman–Crippen MR) is 86.8 cm³/mol. The molecule has 1 aliphatic heterocycles. The summed E-state index contributed by atoms with van der Waals surface area (Å²) in [5.74, 6) is 0.982. The summed E-state index contributed by atoms with van der Waals surface area (Å²) in [6.45, 7) is 1.23. The molecule has 1 fully saturated rings. The second kappa shape index (κ2) is 6.56. The lowest BCUT2D eigenvalue weighted by Crippen LogP contribution is -2.08. The van der Waals surface area contributed by atoms with E-state index in [1.165, 1.54) is 35.9 Å². The number of benzene rings is 2. The van der Waals surface area contributed by atoms with E-state index in [-0.39, 0.29) is 7.92 Å². The average molecular weight is 288 g/mol. The molecule has 0 aliphatic carbocycles. The summed E-state index contributed by atoms with van der Waals surface area (Å²) in [6, 6.07) is 13.1. The van der Waals surface area contributed by atoms with Crippen molar-refractivity contribution in [3.63, 3.8) is 0 Å². The zero-order valence-electron chi connectivity index (χ0n) is 12.0. The molecule has 0 amide bonds. The van der Waals surface area contributed by atoms with E-state index in [1.807, 2.05) is 0 Å². The predicted octanol–water partition coefficient (Wildman–Crippen LogP) is 3.77. The van der Waals surface area contributed by atoms with Crippen LogP contribution in [0.1, 0.15) is 12.8 Å². The van der Waals surface area contributed by atoms with Gasteiger partial charge in [0, 0.05) is 12.5 Å². The minimum absolute atomic E-state index is 0.0514. The molecule has 20 heavy (non-hydrogen) atoms. The molecular weight excluding hydrogens is 267 g/mol. The van der Waals surface area contributed by atoms with Crippen molar-refractivity contribution in [3.8, 4) is 5.75 Å². The highest BCUT2D eigenvalue weighted by Crippen LogP contribution is 2.44. The first-order valence-corrected chi connectivity index (χ1v) is 9.00. The quantitative estimate of drug-likeness (QED) is 0.616. The zero-order chi connectivity index (χ0) is 13.8. The zero-order valence-corrected chi connectivity index (χ0v) is 12.9. The van der Waals surface area contributed by atoms with Crippen LogP contribution in [-0.2, 0) is 4.74 Å². The summed E-state index contributed by atoms with van der Waals surface area (Å²) in [6.07, 6.45) is 5.57. The van der Waals surface area contributed by atoms with Crippen molar-refractivity contribution in [3.05, 3.63) is 36.4 Å². The number of fused-ring (bicyclic) bond motifs is 1. The Morgan fingerprint density at radius 2 is 1.70 bits per heavy atom. The van der Waals surface area contributed by atoms with E-state index in [2.05, 4.69) is 36.4 Å². The van der Waals surface area contributed by atoms with Crippen molar-refractivity contribution in [2.75, 3.05) is 32.6 Å². The lowest BCUT2D eigenvalue weighted by Gasteiger charge is -2.16. The van der Waals surface area contributed by atoms with Gasteiger partial charge in [-0.3, -0.25) is 0 Å². The smallest absolute Gasteiger partial charge is 0.127 e. The monoisotopic (exact) mass is 288 g/mol. The topological polar surface area (TPSA) is 18.5 Å². The Balaban J connectivity index is 1.96. The molecule has 3 rings (SSSR count). The van der Waals surface area contributed by atoms with E-state index in [4.69, 9.17) is 9.47 Å². The fraction of sp³-hybridized carbons (Fsp3) is 0.412. The van der Waals surface area contributed by atoms with Gasteiger partial charge in [-0.2, -0.15) is 0 Å². The van der Waals surface area contributed by atoms with E-state index in [0.29, 0.717) is 13.2 Å². The van der Waals surface area contributed by atoms with Crippen LogP contribution in [0.15, 0.2) is 36.4 Å². The largest absolute Gasteiger partial charge is 0.491 e. The number of ether oxygens (including phenoxy) is 2. The molecule has 0 unspecified atom stereocenters. The average Bonchev–Trinajstić information content (AvgIpc) is 3.01. The second-order valence-electron chi connectivity index (χ2n) is 5.16. The lowest BCUT2D eigenvalue weighted by atomic mass is 10.1. The van der Waals surface area contributed by atoms with Crippen molar-refractivity contribution in [1.29, 1.82) is 0 Å². The van der Waals surface area contributed by atoms with Crippen molar-refractivity contribution >= 4 is 24.0 Å². The third-order valence-electron chi connectivity index (χ3n) is 3.85. The number of hydrogen-bond acceptors (Lipinski definition) is 2. The third-order valence-corrected chi connectivity index (χ3v) is 6.64. The van der Waals surface area contributed by atoms with Crippen molar-refractivity contribution in [1.82, 2.24) is 0 Å². The minimum atomic E-state index is 0.0514. The maximum atomic E-state index is 5.86. The normalized spacial score (nSPS) is 15.8. The highest BCUT2D eigenvalue weighted by molar-refractivity contribution is 7.66. The fourth-order valence-electron chi connectivity index (χ4n) is 2.85. The van der Waals surface area contributed by atoms with Crippen LogP contribution in [-0.4, -0.2) is 32.6 Å². The number of rotatable bonds is 5. The van der Waals surface area contributed by atoms with Gasteiger partial charge in [-0.25, -0.2) is 0 Å². The van der Waals surface area contributed by atoms with Gasteiger partial charge in [-0.1, -0.05) is 38.3 Å². The summed E-state index contributed by atoms with van der Waals surface area (Å²) in [4.78, 5) is 0. The molecule has 1 saturated heterocycles. The Morgan fingerprint density at radius 1 is 0.950 bits per heavy atom. The molecule has 2 nitrogen and oxygen atoms in total. The Kier molecular flexibility index (Phi) is 4.54. The van der Waals surface area contributed by atoms with Crippen molar-refractivity contribution in [2.24, 2.45) is 0 Å². The first-order chi connectivity index (χ1) is 9.90. The first kappa shape index (κ1) is 13.9. The van der Waals surface area contributed by atoms with Crippen molar-refractivity contribution < 1.29 is 9.47 Å². The van der Waals surface area contributed by atoms with Crippen LogP contribution in [0.4, 0.5) is 0 Å². The van der Waals surface area contributed by atoms with Crippen LogP contribution in [0.2, 0.25) is 0 Å². The molecule has 0 bridgehead atoms. The third kappa shape index (κ3) is 2.82. The molecule has 0 radical (unpaired) electrons. The maximum absolute atomic E-state index is 5.86. The number of methoxy groups -OCH3 is 1. The molecule has 106 valence electrons. The van der Waals surface area contributed by atoms with Gasteiger partial charge < -0.3 is 9.47 Å². The van der Waals surface area contributed by atoms with Crippen LogP contribution in [0, 0.1) is 0 Å². The molecule has 0 aromatic heterocycles. The fourth-order valence-corrected chi connectivity index (χ4v) is 5.59. The standard InChI is InChI=1S/C17H21O2P/c1-18-10-11-19-16-8-9-17(20-12-4-5-13-20)15-7-3-2-6-14(15)16/h2-3,6-9H,4-5,10-13H2,1H3. The molecule has 1 heterocycles. The van der Waals surface area contributed by atoms with E-state index < -0.39 is 0 Å². The van der Waals surface area contributed by atoms with Gasteiger partial charge >= 0.3 is 0 Å². The summed E-state index contributed by atoms with van der Waals surface area (Å²) < 4.78 is 10.9. The summed E-state index contributed by atoms with van der Waals surface area (Å²) in [7, 11) is 1.75. The maximum Gasteiger partial charge on any atom is 0.127 e. The molecule has 3 heteroatoms. The Morgan fingerprint density at radius 3 is 2.45 bits per heavy atom. The second-order valence-corrected chi connectivity index (χ2v) is 7.62. The van der Waals surface area contributed by atoms with Gasteiger partial charge in [0.2, 0.25) is 0 Å². The summed E-state index contributed by atoms with van der Waals surface area (Å²) >= 11 is 0. The van der Waals surface area contributed by atoms with Crippen LogP contribution >= 0.6 is 7.92 Å². The van der Waals surface area contributed by atoms with Gasteiger partial charge in [0.15, 0.2) is 0 Å². The van der Waals surface area contributed by atoms with Gasteiger partial charge in [0.05, 0.1) is 6.61 Å². The van der Waals surface area contributed by atoms with Gasteiger partial charge in [0.25, 0.3) is 0 Å². The van der Waals surface area contributed by atoms with Crippen LogP contribution < -0.4 is 10.0 Å². The molecule has 1 aliphatic rings. The summed E-state index contributed by atoms with van der Waals surface area (Å²) in [5, 5.41) is 4.19. The minimum Gasteiger partial charge on any atom is -0.491 e. The van der Waals surface area contributed by atoms with E-state index in [0.717, 1.165) is 5.75 Å². The van der Waals surface area contributed by atoms with Gasteiger partial charge in [-0.05, 0) is 41.9 Å². The van der Waals surface area contributed by atoms with Crippen LogP contribution in [0.25, 0.3) is 10.8 Å². The van der Waals surface area contributed by atoms with E-state index >= 15 is 0 Å². The molecule has 0 atom stereocenters. The Labute approximate surface area is 121 Å². The van der Waals surface area contributed by atoms with E-state index in [1.54, 1.807) is 12.4 Å². The van der Waals surface area contributed by atoms with E-state index in [9.17, 15) is 0 Å². The Bertz CT molecular complexity index is 576. The van der Waals surface area contributed by atoms with Gasteiger partial charge in [-0.15, -0.1) is 0 Å². The molecule has 2 aromatic carbocycles. The molecule has 0 N–H and O–H groups in total. The number of hydrogen-bond donors (Lipinski definition) is 0. The van der Waals surface area contributed by atoms with Gasteiger partial charge in [0.1, 0.15) is 12.4 Å². The van der Waals surface area contributed by atoms with Crippen molar-refractivity contribution in [2.45, 2.75) is 12.8 Å². The van der Waals surface area contributed by atoms with Crippen LogP contribution in [0.3, 0.4) is 0 Å². The lowest BCUT2D eigenvalue weighted by molar-refractivity contribution is 0.147. The SMILES string of the molecule is COCCOc1ccc(P2CCCC2)c2ccccc12. The Hall–Kier alpha value is -1.11. The van der Waals surface area contributed by atoms with Crippen LogP contribution in [0.5, 0.6) is 5.75 Å². The molecule has 0 saturated carbocycles. The molecule has 0 spiro atoms. The highest BCUT2D eigenvalue weighted by Gasteiger charge is 2.19. The highest BCUT2D eigenvalue weighted by atomic mass is 31.1. The summed E-state index contributed by atoms with van der Waals surface area (Å²) in [5.41, 5.74) is 0.